The van der Waals surface area contributed by atoms with Crippen molar-refractivity contribution in [3.05, 3.63) is 84.4 Å². The summed E-state index contributed by atoms with van der Waals surface area (Å²) >= 11 is 0. The molecule has 0 unspecified atom stereocenters. The van der Waals surface area contributed by atoms with Gasteiger partial charge in [0.2, 0.25) is 0 Å². The van der Waals surface area contributed by atoms with E-state index in [1.807, 2.05) is 54.6 Å². The van der Waals surface area contributed by atoms with Crippen LogP contribution in [0.15, 0.2) is 73.3 Å². The van der Waals surface area contributed by atoms with Crippen LogP contribution in [0.1, 0.15) is 24.0 Å². The maximum atomic E-state index is 6.28. The fourth-order valence-electron chi connectivity index (χ4n) is 3.88. The van der Waals surface area contributed by atoms with E-state index in [-0.39, 0.29) is 24.4 Å². The number of rotatable bonds is 11. The van der Waals surface area contributed by atoms with Crippen LogP contribution in [-0.4, -0.2) is 43.9 Å². The van der Waals surface area contributed by atoms with E-state index in [4.69, 9.17) is 23.7 Å². The van der Waals surface area contributed by atoms with Crippen LogP contribution < -0.4 is 0 Å². The van der Waals surface area contributed by atoms with E-state index in [9.17, 15) is 0 Å². The van der Waals surface area contributed by atoms with E-state index in [0.717, 1.165) is 24.0 Å². The second-order valence-corrected chi connectivity index (χ2v) is 7.67. The van der Waals surface area contributed by atoms with E-state index in [1.54, 1.807) is 0 Å². The number of unbranched alkanes of at least 4 members (excludes halogenated alkanes) is 1. The maximum absolute atomic E-state index is 6.28. The van der Waals surface area contributed by atoms with Crippen molar-refractivity contribution in [2.24, 2.45) is 0 Å². The van der Waals surface area contributed by atoms with Gasteiger partial charge in [-0.15, -0.1) is 6.58 Å². The van der Waals surface area contributed by atoms with Gasteiger partial charge in [0.1, 0.15) is 24.4 Å². The molecule has 5 nitrogen and oxygen atoms in total. The molecule has 2 aliphatic heterocycles. The van der Waals surface area contributed by atoms with E-state index in [0.29, 0.717) is 26.4 Å². The number of hydrogen-bond donors (Lipinski definition) is 0. The van der Waals surface area contributed by atoms with Crippen molar-refractivity contribution in [3.63, 3.8) is 0 Å². The lowest BCUT2D eigenvalue weighted by Gasteiger charge is -2.39. The summed E-state index contributed by atoms with van der Waals surface area (Å²) in [6.07, 6.45) is 2.34. The minimum Gasteiger partial charge on any atom is -0.370 e. The van der Waals surface area contributed by atoms with Gasteiger partial charge < -0.3 is 23.7 Å². The number of fused-ring (bicyclic) bond motifs is 2. The van der Waals surface area contributed by atoms with Crippen molar-refractivity contribution in [3.8, 4) is 0 Å². The molecule has 2 fully saturated rings. The summed E-state index contributed by atoms with van der Waals surface area (Å²) in [6.45, 7) is 5.83. The SMILES string of the molecule is C=CCCCO[C@H]1O[C@@H]2CO[C@H]([C@H]1OCc1ccccc1)[C@@H]2OCc1ccccc1. The van der Waals surface area contributed by atoms with Crippen molar-refractivity contribution in [1.82, 2.24) is 0 Å². The lowest BCUT2D eigenvalue weighted by atomic mass is 10.0. The lowest BCUT2D eigenvalue weighted by molar-refractivity contribution is -0.282. The van der Waals surface area contributed by atoms with Crippen molar-refractivity contribution >= 4 is 0 Å². The van der Waals surface area contributed by atoms with Crippen LogP contribution in [0.25, 0.3) is 0 Å². The molecule has 30 heavy (non-hydrogen) atoms. The topological polar surface area (TPSA) is 46.2 Å². The van der Waals surface area contributed by atoms with Gasteiger partial charge in [-0.25, -0.2) is 0 Å². The Morgan fingerprint density at radius 2 is 1.50 bits per heavy atom. The van der Waals surface area contributed by atoms with Gasteiger partial charge >= 0.3 is 0 Å². The molecule has 2 aromatic carbocycles. The monoisotopic (exact) mass is 410 g/mol. The molecule has 2 aromatic rings. The second-order valence-electron chi connectivity index (χ2n) is 7.67. The molecule has 0 spiro atoms. The Labute approximate surface area is 178 Å². The lowest BCUT2D eigenvalue weighted by Crippen LogP contribution is -2.56. The van der Waals surface area contributed by atoms with Crippen LogP contribution in [0, 0.1) is 0 Å². The Hall–Kier alpha value is -2.02. The molecular formula is C25H30O5. The summed E-state index contributed by atoms with van der Waals surface area (Å²) in [4.78, 5) is 0. The van der Waals surface area contributed by atoms with Crippen LogP contribution >= 0.6 is 0 Å². The zero-order valence-electron chi connectivity index (χ0n) is 17.2. The molecule has 2 heterocycles. The normalized spacial score (nSPS) is 27.8. The Bertz CT molecular complexity index is 766. The standard InChI is InChI=1S/C25H30O5/c1-2-3-10-15-26-25-24(28-17-20-13-8-5-9-14-20)23-22(21(30-25)18-29-23)27-16-19-11-6-4-7-12-19/h2,4-9,11-14,21-25H,1,3,10,15-18H2/t21-,22-,23+,24-,25+/m1/s1. The van der Waals surface area contributed by atoms with Crippen molar-refractivity contribution in [1.29, 1.82) is 0 Å². The first kappa shape index (κ1) is 21.2. The third-order valence-electron chi connectivity index (χ3n) is 5.45. The molecule has 4 rings (SSSR count). The van der Waals surface area contributed by atoms with Gasteiger partial charge in [0.15, 0.2) is 6.29 Å². The summed E-state index contributed by atoms with van der Waals surface area (Å²) in [5, 5.41) is 0. The Balaban J connectivity index is 1.41. The molecule has 0 saturated carbocycles. The van der Waals surface area contributed by atoms with Crippen LogP contribution in [0.4, 0.5) is 0 Å². The first-order valence-corrected chi connectivity index (χ1v) is 10.7. The van der Waals surface area contributed by atoms with Crippen LogP contribution in [-0.2, 0) is 36.9 Å². The third-order valence-corrected chi connectivity index (χ3v) is 5.45. The fraction of sp³-hybridized carbons (Fsp3) is 0.440. The number of allylic oxidation sites excluding steroid dienone is 1. The van der Waals surface area contributed by atoms with Gasteiger partial charge in [-0.1, -0.05) is 66.7 Å². The summed E-state index contributed by atoms with van der Waals surface area (Å²) in [6, 6.07) is 20.2. The largest absolute Gasteiger partial charge is 0.370 e. The first-order valence-electron chi connectivity index (χ1n) is 10.7. The summed E-state index contributed by atoms with van der Waals surface area (Å²) in [5.41, 5.74) is 2.23. The average molecular weight is 411 g/mol. The van der Waals surface area contributed by atoms with Gasteiger partial charge in [0, 0.05) is 0 Å². The van der Waals surface area contributed by atoms with Gasteiger partial charge in [-0.3, -0.25) is 0 Å². The van der Waals surface area contributed by atoms with Gasteiger partial charge in [0.25, 0.3) is 0 Å². The van der Waals surface area contributed by atoms with E-state index in [1.165, 1.54) is 0 Å². The second kappa shape index (κ2) is 10.8. The van der Waals surface area contributed by atoms with Crippen LogP contribution in [0.2, 0.25) is 0 Å². The molecule has 0 radical (unpaired) electrons. The number of ether oxygens (including phenoxy) is 5. The minimum absolute atomic E-state index is 0.153. The zero-order chi connectivity index (χ0) is 20.6. The van der Waals surface area contributed by atoms with Gasteiger partial charge in [-0.05, 0) is 24.0 Å². The van der Waals surface area contributed by atoms with E-state index < -0.39 is 6.29 Å². The fourth-order valence-corrected chi connectivity index (χ4v) is 3.88. The Morgan fingerprint density at radius 1 is 0.867 bits per heavy atom. The van der Waals surface area contributed by atoms with E-state index in [2.05, 4.69) is 18.7 Å². The minimum atomic E-state index is -0.465. The van der Waals surface area contributed by atoms with Gasteiger partial charge in [-0.2, -0.15) is 0 Å². The molecule has 2 aliphatic rings. The van der Waals surface area contributed by atoms with Crippen molar-refractivity contribution in [2.75, 3.05) is 13.2 Å². The molecule has 0 aromatic heterocycles. The summed E-state index contributed by atoms with van der Waals surface area (Å²) in [5.74, 6) is 0. The highest BCUT2D eigenvalue weighted by atomic mass is 16.7. The number of benzene rings is 2. The molecule has 5 heteroatoms. The van der Waals surface area contributed by atoms with Gasteiger partial charge in [0.05, 0.1) is 26.4 Å². The molecule has 0 N–H and O–H groups in total. The predicted molar refractivity (Wildman–Crippen MR) is 114 cm³/mol. The molecule has 160 valence electrons. The van der Waals surface area contributed by atoms with Crippen LogP contribution in [0.5, 0.6) is 0 Å². The van der Waals surface area contributed by atoms with Crippen LogP contribution in [0.3, 0.4) is 0 Å². The quantitative estimate of drug-likeness (QED) is 0.409. The highest BCUT2D eigenvalue weighted by molar-refractivity contribution is 5.14. The number of hydrogen-bond acceptors (Lipinski definition) is 5. The maximum Gasteiger partial charge on any atom is 0.186 e. The third kappa shape index (κ3) is 5.36. The Kier molecular flexibility index (Phi) is 7.67. The Morgan fingerprint density at radius 3 is 2.13 bits per heavy atom. The molecule has 0 aliphatic carbocycles. The molecule has 2 bridgehead atoms. The zero-order valence-corrected chi connectivity index (χ0v) is 17.2. The molecule has 2 saturated heterocycles. The predicted octanol–water partition coefficient (Wildman–Crippen LogP) is 4.26. The summed E-state index contributed by atoms with van der Waals surface area (Å²) in [7, 11) is 0. The smallest absolute Gasteiger partial charge is 0.186 e. The highest BCUT2D eigenvalue weighted by Crippen LogP contribution is 2.35. The molecule has 5 atom stereocenters. The molecular weight excluding hydrogens is 380 g/mol. The van der Waals surface area contributed by atoms with E-state index >= 15 is 0 Å². The highest BCUT2D eigenvalue weighted by Gasteiger charge is 2.53. The molecule has 0 amide bonds. The van der Waals surface area contributed by atoms with Crippen molar-refractivity contribution < 1.29 is 23.7 Å². The first-order chi connectivity index (χ1) is 14.8. The summed E-state index contributed by atoms with van der Waals surface area (Å²) < 4.78 is 30.9. The van der Waals surface area contributed by atoms with Crippen molar-refractivity contribution in [2.45, 2.75) is 56.8 Å². The average Bonchev–Trinajstić information content (AvgIpc) is 3.09.